The van der Waals surface area contributed by atoms with Crippen molar-refractivity contribution in [2.75, 3.05) is 0 Å². The molecule has 1 unspecified atom stereocenters. The highest BCUT2D eigenvalue weighted by Gasteiger charge is 2.20. The standard InChI is InChI=1S/C15H15N3O3/c1-2-6-13(15(20)21)16-14(19)12-9-10-18(17-12)11-7-4-3-5-8-11/h2-5,7-10,13H,1,6H2,(H,16,19)(H,20,21). The van der Waals surface area contributed by atoms with E-state index in [0.29, 0.717) is 0 Å². The minimum Gasteiger partial charge on any atom is -0.480 e. The van der Waals surface area contributed by atoms with Crippen LogP contribution in [0.2, 0.25) is 0 Å². The van der Waals surface area contributed by atoms with Crippen molar-refractivity contribution in [2.45, 2.75) is 12.5 Å². The van der Waals surface area contributed by atoms with Gasteiger partial charge in [-0.1, -0.05) is 24.3 Å². The van der Waals surface area contributed by atoms with Gasteiger partial charge < -0.3 is 10.4 Å². The largest absolute Gasteiger partial charge is 0.480 e. The van der Waals surface area contributed by atoms with E-state index in [1.165, 1.54) is 12.1 Å². The highest BCUT2D eigenvalue weighted by atomic mass is 16.4. The van der Waals surface area contributed by atoms with Crippen molar-refractivity contribution in [3.8, 4) is 5.69 Å². The predicted molar refractivity (Wildman–Crippen MR) is 77.3 cm³/mol. The number of nitrogens with one attached hydrogen (secondary N) is 1. The second-order valence-corrected chi connectivity index (χ2v) is 4.37. The van der Waals surface area contributed by atoms with E-state index in [2.05, 4.69) is 17.0 Å². The summed E-state index contributed by atoms with van der Waals surface area (Å²) in [5, 5.41) is 15.5. The molecular weight excluding hydrogens is 270 g/mol. The van der Waals surface area contributed by atoms with Crippen LogP contribution in [0.15, 0.2) is 55.3 Å². The van der Waals surface area contributed by atoms with Crippen molar-refractivity contribution >= 4 is 11.9 Å². The molecule has 0 radical (unpaired) electrons. The van der Waals surface area contributed by atoms with E-state index >= 15 is 0 Å². The van der Waals surface area contributed by atoms with Gasteiger partial charge in [0.25, 0.3) is 5.91 Å². The van der Waals surface area contributed by atoms with Crippen LogP contribution in [0.25, 0.3) is 5.69 Å². The van der Waals surface area contributed by atoms with Crippen LogP contribution >= 0.6 is 0 Å². The third kappa shape index (κ3) is 3.56. The summed E-state index contributed by atoms with van der Waals surface area (Å²) in [7, 11) is 0. The molecule has 0 aliphatic carbocycles. The summed E-state index contributed by atoms with van der Waals surface area (Å²) < 4.78 is 1.55. The lowest BCUT2D eigenvalue weighted by molar-refractivity contribution is -0.139. The van der Waals surface area contributed by atoms with Gasteiger partial charge in [-0.3, -0.25) is 4.79 Å². The number of rotatable bonds is 6. The van der Waals surface area contributed by atoms with Crippen molar-refractivity contribution in [3.05, 3.63) is 60.9 Å². The summed E-state index contributed by atoms with van der Waals surface area (Å²) in [5.41, 5.74) is 0.978. The first-order valence-electron chi connectivity index (χ1n) is 6.37. The zero-order valence-corrected chi connectivity index (χ0v) is 11.3. The minimum absolute atomic E-state index is 0.153. The van der Waals surface area contributed by atoms with Crippen LogP contribution < -0.4 is 5.32 Å². The highest BCUT2D eigenvalue weighted by Crippen LogP contribution is 2.07. The molecule has 0 spiro atoms. The first-order chi connectivity index (χ1) is 10.1. The molecule has 2 N–H and O–H groups in total. The van der Waals surface area contributed by atoms with Gasteiger partial charge in [0.1, 0.15) is 6.04 Å². The number of hydrogen-bond acceptors (Lipinski definition) is 3. The van der Waals surface area contributed by atoms with E-state index in [1.807, 2.05) is 30.3 Å². The van der Waals surface area contributed by atoms with Gasteiger partial charge in [0.05, 0.1) is 5.69 Å². The fraction of sp³-hybridized carbons (Fsp3) is 0.133. The quantitative estimate of drug-likeness (QED) is 0.790. The second kappa shape index (κ2) is 6.51. The molecule has 0 aliphatic rings. The first kappa shape index (κ1) is 14.5. The molecule has 2 aromatic rings. The molecule has 1 atom stereocenters. The monoisotopic (exact) mass is 285 g/mol. The molecule has 1 aromatic heterocycles. The fourth-order valence-corrected chi connectivity index (χ4v) is 1.79. The average Bonchev–Trinajstić information content (AvgIpc) is 2.97. The summed E-state index contributed by atoms with van der Waals surface area (Å²) in [5.74, 6) is -1.63. The summed E-state index contributed by atoms with van der Waals surface area (Å²) in [4.78, 5) is 23.0. The Hall–Kier alpha value is -2.89. The summed E-state index contributed by atoms with van der Waals surface area (Å²) in [6, 6.07) is 9.85. The maximum absolute atomic E-state index is 12.0. The zero-order valence-electron chi connectivity index (χ0n) is 11.3. The molecule has 0 saturated heterocycles. The van der Waals surface area contributed by atoms with E-state index < -0.39 is 17.9 Å². The smallest absolute Gasteiger partial charge is 0.326 e. The lowest BCUT2D eigenvalue weighted by atomic mass is 10.2. The van der Waals surface area contributed by atoms with E-state index in [1.54, 1.807) is 10.9 Å². The number of benzene rings is 1. The number of carbonyl (C=O) groups excluding carboxylic acids is 1. The third-order valence-electron chi connectivity index (χ3n) is 2.85. The van der Waals surface area contributed by atoms with Crippen LogP contribution in [0.5, 0.6) is 0 Å². The maximum Gasteiger partial charge on any atom is 0.326 e. The number of amides is 1. The van der Waals surface area contributed by atoms with Gasteiger partial charge in [-0.15, -0.1) is 6.58 Å². The van der Waals surface area contributed by atoms with Gasteiger partial charge in [0.15, 0.2) is 5.69 Å². The molecule has 108 valence electrons. The number of carboxylic acids is 1. The van der Waals surface area contributed by atoms with Crippen LogP contribution in [0, 0.1) is 0 Å². The van der Waals surface area contributed by atoms with Gasteiger partial charge in [0, 0.05) is 6.20 Å². The van der Waals surface area contributed by atoms with Crippen molar-refractivity contribution < 1.29 is 14.7 Å². The number of carbonyl (C=O) groups is 2. The minimum atomic E-state index is -1.11. The molecule has 0 bridgehead atoms. The van der Waals surface area contributed by atoms with E-state index in [4.69, 9.17) is 5.11 Å². The Morgan fingerprint density at radius 1 is 1.33 bits per heavy atom. The normalized spacial score (nSPS) is 11.6. The molecule has 6 nitrogen and oxygen atoms in total. The Morgan fingerprint density at radius 2 is 2.05 bits per heavy atom. The molecule has 21 heavy (non-hydrogen) atoms. The van der Waals surface area contributed by atoms with E-state index in [-0.39, 0.29) is 12.1 Å². The van der Waals surface area contributed by atoms with Crippen molar-refractivity contribution in [2.24, 2.45) is 0 Å². The summed E-state index contributed by atoms with van der Waals surface area (Å²) in [6.07, 6.45) is 3.25. The van der Waals surface area contributed by atoms with Gasteiger partial charge in [-0.25, -0.2) is 9.48 Å². The Balaban J connectivity index is 2.12. The number of aliphatic carboxylic acids is 1. The summed E-state index contributed by atoms with van der Waals surface area (Å²) in [6.45, 7) is 3.47. The molecule has 1 amide bonds. The summed E-state index contributed by atoms with van der Waals surface area (Å²) >= 11 is 0. The lowest BCUT2D eigenvalue weighted by Crippen LogP contribution is -2.40. The van der Waals surface area contributed by atoms with Gasteiger partial charge >= 0.3 is 5.97 Å². The van der Waals surface area contributed by atoms with Crippen molar-refractivity contribution in [1.29, 1.82) is 0 Å². The van der Waals surface area contributed by atoms with E-state index in [9.17, 15) is 9.59 Å². The maximum atomic E-state index is 12.0. The Bertz CT molecular complexity index is 649. The van der Waals surface area contributed by atoms with Crippen LogP contribution in [-0.4, -0.2) is 32.8 Å². The topological polar surface area (TPSA) is 84.2 Å². The fourth-order valence-electron chi connectivity index (χ4n) is 1.79. The van der Waals surface area contributed by atoms with Crippen molar-refractivity contribution in [1.82, 2.24) is 15.1 Å². The molecule has 2 rings (SSSR count). The number of para-hydroxylation sites is 1. The Kier molecular flexibility index (Phi) is 4.50. The molecular formula is C15H15N3O3. The number of hydrogen-bond donors (Lipinski definition) is 2. The molecule has 0 fully saturated rings. The predicted octanol–water partition coefficient (Wildman–Crippen LogP) is 1.63. The number of carboxylic acid groups (broad SMARTS) is 1. The van der Waals surface area contributed by atoms with E-state index in [0.717, 1.165) is 5.69 Å². The zero-order chi connectivity index (χ0) is 15.2. The van der Waals surface area contributed by atoms with Crippen LogP contribution in [0.3, 0.4) is 0 Å². The molecule has 0 saturated carbocycles. The third-order valence-corrected chi connectivity index (χ3v) is 2.85. The SMILES string of the molecule is C=CCC(NC(=O)c1ccn(-c2ccccc2)n1)C(=O)O. The number of nitrogens with zero attached hydrogens (tertiary/aromatic N) is 2. The van der Waals surface area contributed by atoms with Gasteiger partial charge in [-0.05, 0) is 24.6 Å². The Labute approximate surface area is 121 Å². The second-order valence-electron chi connectivity index (χ2n) is 4.37. The highest BCUT2D eigenvalue weighted by molar-refractivity contribution is 5.94. The lowest BCUT2D eigenvalue weighted by Gasteiger charge is -2.11. The first-order valence-corrected chi connectivity index (χ1v) is 6.37. The molecule has 6 heteroatoms. The average molecular weight is 285 g/mol. The molecule has 1 heterocycles. The Morgan fingerprint density at radius 3 is 2.67 bits per heavy atom. The molecule has 0 aliphatic heterocycles. The van der Waals surface area contributed by atoms with Crippen LogP contribution in [0.4, 0.5) is 0 Å². The number of aromatic nitrogens is 2. The van der Waals surface area contributed by atoms with Crippen LogP contribution in [0.1, 0.15) is 16.9 Å². The van der Waals surface area contributed by atoms with Gasteiger partial charge in [-0.2, -0.15) is 5.10 Å². The van der Waals surface area contributed by atoms with Gasteiger partial charge in [0.2, 0.25) is 0 Å². The molecule has 1 aromatic carbocycles. The van der Waals surface area contributed by atoms with Crippen molar-refractivity contribution in [3.63, 3.8) is 0 Å². The van der Waals surface area contributed by atoms with Crippen LogP contribution in [-0.2, 0) is 4.79 Å².